The van der Waals surface area contributed by atoms with E-state index in [2.05, 4.69) is 36.5 Å². The predicted molar refractivity (Wildman–Crippen MR) is 71.5 cm³/mol. The molecule has 0 atom stereocenters. The SMILES string of the molecule is COc1ccc(NCc2cccc(C)c2)cc1. The van der Waals surface area contributed by atoms with Crippen LogP contribution < -0.4 is 10.1 Å². The largest absolute Gasteiger partial charge is 0.497 e. The van der Waals surface area contributed by atoms with Crippen LogP contribution in [0, 0.1) is 6.92 Å². The lowest BCUT2D eigenvalue weighted by Crippen LogP contribution is -1.99. The zero-order chi connectivity index (χ0) is 12.1. The number of benzene rings is 2. The van der Waals surface area contributed by atoms with Crippen LogP contribution in [0.5, 0.6) is 5.75 Å². The molecule has 0 aromatic heterocycles. The van der Waals surface area contributed by atoms with Crippen molar-refractivity contribution in [2.45, 2.75) is 13.5 Å². The molecule has 1 N–H and O–H groups in total. The highest BCUT2D eigenvalue weighted by molar-refractivity contribution is 5.46. The summed E-state index contributed by atoms with van der Waals surface area (Å²) >= 11 is 0. The molecule has 2 heteroatoms. The first-order valence-electron chi connectivity index (χ1n) is 5.71. The van der Waals surface area contributed by atoms with E-state index in [4.69, 9.17) is 4.74 Å². The fourth-order valence-electron chi connectivity index (χ4n) is 1.74. The molecular weight excluding hydrogens is 210 g/mol. The van der Waals surface area contributed by atoms with Gasteiger partial charge in [-0.05, 0) is 36.8 Å². The van der Waals surface area contributed by atoms with Gasteiger partial charge in [0.1, 0.15) is 5.75 Å². The summed E-state index contributed by atoms with van der Waals surface area (Å²) in [5, 5.41) is 3.38. The van der Waals surface area contributed by atoms with E-state index in [1.807, 2.05) is 24.3 Å². The van der Waals surface area contributed by atoms with Crippen molar-refractivity contribution in [2.75, 3.05) is 12.4 Å². The summed E-state index contributed by atoms with van der Waals surface area (Å²) in [5.74, 6) is 0.881. The summed E-state index contributed by atoms with van der Waals surface area (Å²) in [6.07, 6.45) is 0. The molecule has 0 spiro atoms. The Labute approximate surface area is 102 Å². The summed E-state index contributed by atoms with van der Waals surface area (Å²) in [6, 6.07) is 16.5. The van der Waals surface area contributed by atoms with Gasteiger partial charge in [0.2, 0.25) is 0 Å². The van der Waals surface area contributed by atoms with Crippen molar-refractivity contribution in [1.82, 2.24) is 0 Å². The number of hydrogen-bond donors (Lipinski definition) is 1. The smallest absolute Gasteiger partial charge is 0.119 e. The average Bonchev–Trinajstić information content (AvgIpc) is 2.37. The van der Waals surface area contributed by atoms with Gasteiger partial charge < -0.3 is 10.1 Å². The lowest BCUT2D eigenvalue weighted by atomic mass is 10.1. The third kappa shape index (κ3) is 3.25. The van der Waals surface area contributed by atoms with Crippen LogP contribution in [0.15, 0.2) is 48.5 Å². The summed E-state index contributed by atoms with van der Waals surface area (Å²) in [6.45, 7) is 2.95. The van der Waals surface area contributed by atoms with Gasteiger partial charge in [0.05, 0.1) is 7.11 Å². The van der Waals surface area contributed by atoms with Crippen LogP contribution in [0.2, 0.25) is 0 Å². The first kappa shape index (κ1) is 11.5. The minimum Gasteiger partial charge on any atom is -0.497 e. The molecule has 17 heavy (non-hydrogen) atoms. The molecule has 0 fully saturated rings. The molecule has 0 unspecified atom stereocenters. The fourth-order valence-corrected chi connectivity index (χ4v) is 1.74. The molecule has 2 aromatic carbocycles. The molecule has 0 aliphatic carbocycles. The highest BCUT2D eigenvalue weighted by Crippen LogP contribution is 2.16. The summed E-state index contributed by atoms with van der Waals surface area (Å²) in [4.78, 5) is 0. The van der Waals surface area contributed by atoms with E-state index in [1.54, 1.807) is 7.11 Å². The lowest BCUT2D eigenvalue weighted by molar-refractivity contribution is 0.415. The maximum Gasteiger partial charge on any atom is 0.119 e. The molecule has 0 radical (unpaired) electrons. The Bertz CT molecular complexity index is 477. The van der Waals surface area contributed by atoms with Gasteiger partial charge in [-0.15, -0.1) is 0 Å². The Morgan fingerprint density at radius 1 is 1.06 bits per heavy atom. The molecule has 0 saturated heterocycles. The maximum atomic E-state index is 5.12. The van der Waals surface area contributed by atoms with Crippen LogP contribution in [0.1, 0.15) is 11.1 Å². The van der Waals surface area contributed by atoms with Crippen LogP contribution in [-0.2, 0) is 6.54 Å². The van der Waals surface area contributed by atoms with Crippen molar-refractivity contribution >= 4 is 5.69 Å². The predicted octanol–water partition coefficient (Wildman–Crippen LogP) is 3.62. The first-order valence-corrected chi connectivity index (χ1v) is 5.71. The monoisotopic (exact) mass is 227 g/mol. The zero-order valence-electron chi connectivity index (χ0n) is 10.2. The molecule has 0 heterocycles. The summed E-state index contributed by atoms with van der Waals surface area (Å²) in [7, 11) is 1.68. The van der Waals surface area contributed by atoms with Crippen LogP contribution in [0.25, 0.3) is 0 Å². The molecule has 0 saturated carbocycles. The van der Waals surface area contributed by atoms with E-state index in [1.165, 1.54) is 11.1 Å². The number of methoxy groups -OCH3 is 1. The Balaban J connectivity index is 1.97. The second-order valence-corrected chi connectivity index (χ2v) is 4.07. The Kier molecular flexibility index (Phi) is 3.66. The maximum absolute atomic E-state index is 5.12. The van der Waals surface area contributed by atoms with Gasteiger partial charge in [-0.3, -0.25) is 0 Å². The highest BCUT2D eigenvalue weighted by Gasteiger charge is 1.95. The Hall–Kier alpha value is -1.96. The first-order chi connectivity index (χ1) is 8.28. The van der Waals surface area contributed by atoms with Crippen molar-refractivity contribution in [3.05, 3.63) is 59.7 Å². The molecule has 2 nitrogen and oxygen atoms in total. The standard InChI is InChI=1S/C15H17NO/c1-12-4-3-5-13(10-12)11-16-14-6-8-15(17-2)9-7-14/h3-10,16H,11H2,1-2H3. The third-order valence-corrected chi connectivity index (χ3v) is 2.67. The van der Waals surface area contributed by atoms with E-state index < -0.39 is 0 Å². The number of hydrogen-bond acceptors (Lipinski definition) is 2. The number of rotatable bonds is 4. The van der Waals surface area contributed by atoms with E-state index in [0.29, 0.717) is 0 Å². The molecule has 0 bridgehead atoms. The molecule has 88 valence electrons. The molecule has 0 aliphatic heterocycles. The molecule has 0 aliphatic rings. The van der Waals surface area contributed by atoms with Gasteiger partial charge in [0.15, 0.2) is 0 Å². The van der Waals surface area contributed by atoms with Crippen LogP contribution in [-0.4, -0.2) is 7.11 Å². The van der Waals surface area contributed by atoms with Gasteiger partial charge in [0, 0.05) is 12.2 Å². The Morgan fingerprint density at radius 2 is 1.82 bits per heavy atom. The highest BCUT2D eigenvalue weighted by atomic mass is 16.5. The van der Waals surface area contributed by atoms with Crippen molar-refractivity contribution in [2.24, 2.45) is 0 Å². The molecule has 0 amide bonds. The van der Waals surface area contributed by atoms with Crippen LogP contribution in [0.3, 0.4) is 0 Å². The quantitative estimate of drug-likeness (QED) is 0.861. The second-order valence-electron chi connectivity index (χ2n) is 4.07. The Morgan fingerprint density at radius 3 is 2.47 bits per heavy atom. The lowest BCUT2D eigenvalue weighted by Gasteiger charge is -2.08. The van der Waals surface area contributed by atoms with Crippen molar-refractivity contribution in [3.63, 3.8) is 0 Å². The second kappa shape index (κ2) is 5.39. The molecule has 2 aromatic rings. The molecule has 2 rings (SSSR count). The van der Waals surface area contributed by atoms with Crippen molar-refractivity contribution in [1.29, 1.82) is 0 Å². The van der Waals surface area contributed by atoms with E-state index >= 15 is 0 Å². The van der Waals surface area contributed by atoms with E-state index in [0.717, 1.165) is 18.0 Å². The number of nitrogens with one attached hydrogen (secondary N) is 1. The van der Waals surface area contributed by atoms with Crippen LogP contribution >= 0.6 is 0 Å². The molecular formula is C15H17NO. The zero-order valence-corrected chi connectivity index (χ0v) is 10.2. The minimum atomic E-state index is 0.841. The van der Waals surface area contributed by atoms with Gasteiger partial charge >= 0.3 is 0 Å². The van der Waals surface area contributed by atoms with Gasteiger partial charge in [-0.2, -0.15) is 0 Å². The van der Waals surface area contributed by atoms with Crippen molar-refractivity contribution in [3.8, 4) is 5.75 Å². The number of anilines is 1. The van der Waals surface area contributed by atoms with Gasteiger partial charge in [0.25, 0.3) is 0 Å². The topological polar surface area (TPSA) is 21.3 Å². The number of ether oxygens (including phenoxy) is 1. The fraction of sp³-hybridized carbons (Fsp3) is 0.200. The minimum absolute atomic E-state index is 0.841. The van der Waals surface area contributed by atoms with E-state index in [9.17, 15) is 0 Å². The summed E-state index contributed by atoms with van der Waals surface area (Å²) in [5.41, 5.74) is 3.69. The van der Waals surface area contributed by atoms with Crippen molar-refractivity contribution < 1.29 is 4.74 Å². The van der Waals surface area contributed by atoms with E-state index in [-0.39, 0.29) is 0 Å². The van der Waals surface area contributed by atoms with Crippen LogP contribution in [0.4, 0.5) is 5.69 Å². The summed E-state index contributed by atoms with van der Waals surface area (Å²) < 4.78 is 5.12. The normalized spacial score (nSPS) is 10.0. The van der Waals surface area contributed by atoms with Gasteiger partial charge in [-0.1, -0.05) is 29.8 Å². The number of aryl methyl sites for hydroxylation is 1. The average molecular weight is 227 g/mol. The third-order valence-electron chi connectivity index (χ3n) is 2.67. The van der Waals surface area contributed by atoms with Gasteiger partial charge in [-0.25, -0.2) is 0 Å².